The molecule has 0 N–H and O–H groups in total. The van der Waals surface area contributed by atoms with Crippen molar-refractivity contribution >= 4 is 11.7 Å². The summed E-state index contributed by atoms with van der Waals surface area (Å²) in [6.07, 6.45) is 2.05. The Kier molecular flexibility index (Phi) is 4.81. The molecule has 0 unspecified atom stereocenters. The van der Waals surface area contributed by atoms with Gasteiger partial charge in [-0.3, -0.25) is 14.9 Å². The van der Waals surface area contributed by atoms with Crippen molar-refractivity contribution in [3.63, 3.8) is 0 Å². The van der Waals surface area contributed by atoms with E-state index >= 15 is 0 Å². The molecule has 22 heavy (non-hydrogen) atoms. The van der Waals surface area contributed by atoms with Gasteiger partial charge < -0.3 is 9.64 Å². The highest BCUT2D eigenvalue weighted by atomic mass is 16.6. The van der Waals surface area contributed by atoms with Gasteiger partial charge in [0.15, 0.2) is 0 Å². The Labute approximate surface area is 130 Å². The number of carbonyl (C=O) groups is 1. The highest BCUT2D eigenvalue weighted by Crippen LogP contribution is 2.37. The van der Waals surface area contributed by atoms with Crippen molar-refractivity contribution in [1.29, 1.82) is 0 Å². The van der Waals surface area contributed by atoms with Crippen LogP contribution in [0.2, 0.25) is 0 Å². The largest absolute Gasteiger partial charge is 0.469 e. The third kappa shape index (κ3) is 3.27. The summed E-state index contributed by atoms with van der Waals surface area (Å²) in [7, 11) is 3.46. The van der Waals surface area contributed by atoms with Crippen LogP contribution in [0.4, 0.5) is 5.69 Å². The Hall–Kier alpha value is -1.95. The van der Waals surface area contributed by atoms with E-state index in [1.165, 1.54) is 13.2 Å². The predicted octanol–water partition coefficient (Wildman–Crippen LogP) is 2.33. The highest BCUT2D eigenvalue weighted by molar-refractivity contribution is 5.77. The zero-order valence-electron chi connectivity index (χ0n) is 13.3. The van der Waals surface area contributed by atoms with Crippen molar-refractivity contribution in [2.75, 3.05) is 27.2 Å². The Bertz CT molecular complexity index is 578. The molecule has 0 atom stereocenters. The molecule has 1 saturated heterocycles. The fourth-order valence-electron chi connectivity index (χ4n) is 3.07. The first-order valence-corrected chi connectivity index (χ1v) is 7.39. The van der Waals surface area contributed by atoms with Crippen LogP contribution in [0.15, 0.2) is 18.2 Å². The van der Waals surface area contributed by atoms with Crippen molar-refractivity contribution in [2.24, 2.45) is 5.41 Å². The second-order valence-electron chi connectivity index (χ2n) is 6.12. The molecule has 6 nitrogen and oxygen atoms in total. The van der Waals surface area contributed by atoms with Crippen LogP contribution in [0.3, 0.4) is 0 Å². The minimum Gasteiger partial charge on any atom is -0.469 e. The van der Waals surface area contributed by atoms with Gasteiger partial charge in [-0.25, -0.2) is 0 Å². The summed E-state index contributed by atoms with van der Waals surface area (Å²) in [5, 5.41) is 10.8. The van der Waals surface area contributed by atoms with E-state index in [1.807, 2.05) is 14.0 Å². The monoisotopic (exact) mass is 306 g/mol. The topological polar surface area (TPSA) is 72.7 Å². The van der Waals surface area contributed by atoms with Gasteiger partial charge in [0.2, 0.25) is 0 Å². The molecule has 1 aliphatic rings. The number of piperidine rings is 1. The Morgan fingerprint density at radius 3 is 2.55 bits per heavy atom. The molecular weight excluding hydrogens is 284 g/mol. The number of ether oxygens (including phenoxy) is 1. The van der Waals surface area contributed by atoms with E-state index in [-0.39, 0.29) is 11.7 Å². The third-order valence-electron chi connectivity index (χ3n) is 4.63. The van der Waals surface area contributed by atoms with Crippen molar-refractivity contribution in [3.8, 4) is 0 Å². The fourth-order valence-corrected chi connectivity index (χ4v) is 3.07. The summed E-state index contributed by atoms with van der Waals surface area (Å²) in [6.45, 7) is 3.55. The molecule has 0 bridgehead atoms. The van der Waals surface area contributed by atoms with Crippen molar-refractivity contribution in [1.82, 2.24) is 4.90 Å². The van der Waals surface area contributed by atoms with E-state index in [2.05, 4.69) is 4.90 Å². The summed E-state index contributed by atoms with van der Waals surface area (Å²) in [5.74, 6) is -0.182. The number of non-ortho nitro benzene ring substituents is 1. The number of nitrogens with zero attached hydrogens (tertiary/aromatic N) is 2. The molecule has 6 heteroatoms. The van der Waals surface area contributed by atoms with Crippen LogP contribution in [0.1, 0.15) is 24.0 Å². The molecule has 0 aromatic heterocycles. The first-order valence-electron chi connectivity index (χ1n) is 7.39. The molecule has 1 heterocycles. The number of hydrogen-bond donors (Lipinski definition) is 0. The number of benzene rings is 1. The number of methoxy groups -OCH3 is 1. The maximum absolute atomic E-state index is 12.3. The van der Waals surface area contributed by atoms with Crippen LogP contribution in [0.5, 0.6) is 0 Å². The summed E-state index contributed by atoms with van der Waals surface area (Å²) < 4.78 is 5.04. The molecular formula is C16H22N2O4. The molecule has 0 spiro atoms. The lowest BCUT2D eigenvalue weighted by atomic mass is 9.73. The molecule has 1 aromatic carbocycles. The van der Waals surface area contributed by atoms with Crippen LogP contribution in [-0.2, 0) is 16.0 Å². The van der Waals surface area contributed by atoms with Gasteiger partial charge in [0, 0.05) is 12.1 Å². The van der Waals surface area contributed by atoms with Crippen LogP contribution in [0, 0.1) is 22.5 Å². The standard InChI is InChI=1S/C16H22N2O4/c1-12-10-14(18(20)21)5-4-13(12)11-16(15(19)22-3)6-8-17(2)9-7-16/h4-5,10H,6-9,11H2,1-3H3. The molecule has 0 aliphatic carbocycles. The molecule has 1 aliphatic heterocycles. The number of nitro groups is 1. The minimum absolute atomic E-state index is 0.0803. The number of esters is 1. The minimum atomic E-state index is -0.526. The van der Waals surface area contributed by atoms with Crippen molar-refractivity contribution in [2.45, 2.75) is 26.2 Å². The number of aryl methyl sites for hydroxylation is 1. The SMILES string of the molecule is COC(=O)C1(Cc2ccc([N+](=O)[O-])cc2C)CCN(C)CC1. The molecule has 1 aromatic rings. The lowest BCUT2D eigenvalue weighted by Crippen LogP contribution is -2.45. The fraction of sp³-hybridized carbons (Fsp3) is 0.562. The van der Waals surface area contributed by atoms with E-state index in [0.29, 0.717) is 6.42 Å². The Morgan fingerprint density at radius 1 is 1.41 bits per heavy atom. The second kappa shape index (κ2) is 6.44. The molecule has 0 radical (unpaired) electrons. The molecule has 0 saturated carbocycles. The third-order valence-corrected chi connectivity index (χ3v) is 4.63. The van der Waals surface area contributed by atoms with Gasteiger partial charge in [0.25, 0.3) is 5.69 Å². The van der Waals surface area contributed by atoms with Crippen LogP contribution >= 0.6 is 0 Å². The second-order valence-corrected chi connectivity index (χ2v) is 6.12. The van der Waals surface area contributed by atoms with E-state index in [4.69, 9.17) is 4.74 Å². The number of likely N-dealkylation sites (tertiary alicyclic amines) is 1. The van der Waals surface area contributed by atoms with Crippen LogP contribution in [0.25, 0.3) is 0 Å². The molecule has 1 fully saturated rings. The smallest absolute Gasteiger partial charge is 0.312 e. The van der Waals surface area contributed by atoms with E-state index in [0.717, 1.165) is 37.1 Å². The van der Waals surface area contributed by atoms with Crippen LogP contribution in [-0.4, -0.2) is 43.0 Å². The number of rotatable bonds is 4. The number of hydrogen-bond acceptors (Lipinski definition) is 5. The van der Waals surface area contributed by atoms with Gasteiger partial charge in [-0.05, 0) is 57.5 Å². The van der Waals surface area contributed by atoms with Gasteiger partial charge in [0.1, 0.15) is 0 Å². The zero-order valence-corrected chi connectivity index (χ0v) is 13.3. The summed E-state index contributed by atoms with van der Waals surface area (Å²) >= 11 is 0. The van der Waals surface area contributed by atoms with Gasteiger partial charge in [-0.1, -0.05) is 6.07 Å². The van der Waals surface area contributed by atoms with E-state index in [9.17, 15) is 14.9 Å². The van der Waals surface area contributed by atoms with Crippen molar-refractivity contribution < 1.29 is 14.5 Å². The summed E-state index contributed by atoms with van der Waals surface area (Å²) in [4.78, 5) is 25.0. The zero-order chi connectivity index (χ0) is 16.3. The quantitative estimate of drug-likeness (QED) is 0.485. The molecule has 0 amide bonds. The lowest BCUT2D eigenvalue weighted by molar-refractivity contribution is -0.384. The lowest BCUT2D eigenvalue weighted by Gasteiger charge is -2.38. The Balaban J connectivity index is 2.28. The van der Waals surface area contributed by atoms with E-state index < -0.39 is 10.3 Å². The van der Waals surface area contributed by atoms with Gasteiger partial charge >= 0.3 is 5.97 Å². The van der Waals surface area contributed by atoms with Crippen LogP contribution < -0.4 is 0 Å². The highest BCUT2D eigenvalue weighted by Gasteiger charge is 2.42. The first kappa shape index (κ1) is 16.4. The maximum Gasteiger partial charge on any atom is 0.312 e. The number of carbonyl (C=O) groups excluding carboxylic acids is 1. The Morgan fingerprint density at radius 2 is 2.05 bits per heavy atom. The maximum atomic E-state index is 12.3. The first-order chi connectivity index (χ1) is 10.4. The average molecular weight is 306 g/mol. The normalized spacial score (nSPS) is 18.0. The van der Waals surface area contributed by atoms with Gasteiger partial charge in [-0.15, -0.1) is 0 Å². The van der Waals surface area contributed by atoms with Gasteiger partial charge in [-0.2, -0.15) is 0 Å². The summed E-state index contributed by atoms with van der Waals surface area (Å²) in [6, 6.07) is 4.83. The predicted molar refractivity (Wildman–Crippen MR) is 82.7 cm³/mol. The van der Waals surface area contributed by atoms with Crippen molar-refractivity contribution in [3.05, 3.63) is 39.4 Å². The molecule has 120 valence electrons. The van der Waals surface area contributed by atoms with Gasteiger partial charge in [0.05, 0.1) is 17.4 Å². The average Bonchev–Trinajstić information content (AvgIpc) is 2.50. The number of nitro benzene ring substituents is 1. The molecule has 2 rings (SSSR count). The van der Waals surface area contributed by atoms with E-state index in [1.54, 1.807) is 12.1 Å². The summed E-state index contributed by atoms with van der Waals surface area (Å²) in [5.41, 5.74) is 1.37.